The van der Waals surface area contributed by atoms with Gasteiger partial charge in [0.1, 0.15) is 0 Å². The highest BCUT2D eigenvalue weighted by molar-refractivity contribution is 5.86. The Balaban J connectivity index is 2.25. The van der Waals surface area contributed by atoms with E-state index in [0.29, 0.717) is 0 Å². The Morgan fingerprint density at radius 3 is 2.79 bits per heavy atom. The van der Waals surface area contributed by atoms with E-state index in [4.69, 9.17) is 0 Å². The maximum Gasteiger partial charge on any atom is 0.0646 e. The van der Waals surface area contributed by atoms with Gasteiger partial charge in [0.25, 0.3) is 0 Å². The zero-order valence-electron chi connectivity index (χ0n) is 8.96. The van der Waals surface area contributed by atoms with Crippen molar-refractivity contribution in [2.24, 2.45) is 4.99 Å². The van der Waals surface area contributed by atoms with Gasteiger partial charge >= 0.3 is 0 Å². The van der Waals surface area contributed by atoms with Crippen LogP contribution in [0.1, 0.15) is 31.9 Å². The Labute approximate surface area is 85.1 Å². The van der Waals surface area contributed by atoms with Gasteiger partial charge in [-0.05, 0) is 44.0 Å². The average Bonchev–Trinajstić information content (AvgIpc) is 2.47. The van der Waals surface area contributed by atoms with Crippen molar-refractivity contribution in [2.75, 3.05) is 5.32 Å². The molecule has 2 rings (SSSR count). The highest BCUT2D eigenvalue weighted by Crippen LogP contribution is 2.21. The van der Waals surface area contributed by atoms with Gasteiger partial charge in [0.05, 0.1) is 6.54 Å². The van der Waals surface area contributed by atoms with Crippen LogP contribution < -0.4 is 5.32 Å². The van der Waals surface area contributed by atoms with Crippen LogP contribution in [-0.2, 0) is 6.54 Å². The van der Waals surface area contributed by atoms with E-state index >= 15 is 0 Å². The second-order valence-corrected chi connectivity index (χ2v) is 4.76. The number of fused-ring (bicyclic) bond motifs is 1. The molecule has 1 heterocycles. The van der Waals surface area contributed by atoms with Crippen LogP contribution in [0.3, 0.4) is 0 Å². The number of hydrogen-bond donors (Lipinski definition) is 1. The van der Waals surface area contributed by atoms with E-state index in [1.165, 1.54) is 16.8 Å². The lowest BCUT2D eigenvalue weighted by Crippen LogP contribution is -2.26. The van der Waals surface area contributed by atoms with E-state index in [0.717, 1.165) is 6.54 Å². The molecule has 0 saturated carbocycles. The van der Waals surface area contributed by atoms with Gasteiger partial charge in [-0.2, -0.15) is 0 Å². The molecule has 0 atom stereocenters. The molecule has 0 bridgehead atoms. The Hall–Kier alpha value is -1.31. The first-order valence-electron chi connectivity index (χ1n) is 4.95. The molecular weight excluding hydrogens is 172 g/mol. The van der Waals surface area contributed by atoms with Crippen molar-refractivity contribution in [1.29, 1.82) is 0 Å². The Morgan fingerprint density at radius 1 is 1.29 bits per heavy atom. The highest BCUT2D eigenvalue weighted by Gasteiger charge is 2.11. The number of rotatable bonds is 1. The normalized spacial score (nSPS) is 14.2. The molecule has 2 heteroatoms. The summed E-state index contributed by atoms with van der Waals surface area (Å²) in [5.41, 5.74) is 3.86. The molecule has 0 unspecified atom stereocenters. The average molecular weight is 188 g/mol. The van der Waals surface area contributed by atoms with E-state index in [9.17, 15) is 0 Å². The van der Waals surface area contributed by atoms with Crippen molar-refractivity contribution in [2.45, 2.75) is 32.9 Å². The van der Waals surface area contributed by atoms with Crippen LogP contribution in [0.25, 0.3) is 0 Å². The van der Waals surface area contributed by atoms with Gasteiger partial charge in [-0.25, -0.2) is 0 Å². The maximum absolute atomic E-state index is 4.24. The lowest BCUT2D eigenvalue weighted by atomic mass is 10.1. The molecule has 1 aliphatic heterocycles. The Morgan fingerprint density at radius 2 is 2.07 bits per heavy atom. The van der Waals surface area contributed by atoms with Gasteiger partial charge < -0.3 is 5.32 Å². The summed E-state index contributed by atoms with van der Waals surface area (Å²) in [4.78, 5) is 4.24. The molecule has 1 N–H and O–H groups in total. The summed E-state index contributed by atoms with van der Waals surface area (Å²) in [6.45, 7) is 7.32. The number of aliphatic imine (C=N–C) groups is 1. The number of nitrogens with zero attached hydrogens (tertiary/aromatic N) is 1. The molecule has 1 aromatic rings. The molecular formula is C12H16N2. The third-order valence-electron chi connectivity index (χ3n) is 2.16. The van der Waals surface area contributed by atoms with Gasteiger partial charge in [-0.3, -0.25) is 4.99 Å². The molecule has 14 heavy (non-hydrogen) atoms. The summed E-state index contributed by atoms with van der Waals surface area (Å²) >= 11 is 0. The van der Waals surface area contributed by atoms with Crippen molar-refractivity contribution in [3.8, 4) is 0 Å². The molecule has 0 aliphatic carbocycles. The molecule has 2 nitrogen and oxygen atoms in total. The third-order valence-corrected chi connectivity index (χ3v) is 2.16. The summed E-state index contributed by atoms with van der Waals surface area (Å²) in [5.74, 6) is 0. The van der Waals surface area contributed by atoms with Crippen molar-refractivity contribution < 1.29 is 0 Å². The van der Waals surface area contributed by atoms with Crippen molar-refractivity contribution in [3.05, 3.63) is 29.3 Å². The van der Waals surface area contributed by atoms with E-state index < -0.39 is 0 Å². The summed E-state index contributed by atoms with van der Waals surface area (Å²) in [5, 5.41) is 3.45. The predicted octanol–water partition coefficient (Wildman–Crippen LogP) is 2.83. The summed E-state index contributed by atoms with van der Waals surface area (Å²) in [6.07, 6.45) is 1.95. The fourth-order valence-electron chi connectivity index (χ4n) is 1.61. The zero-order valence-corrected chi connectivity index (χ0v) is 8.96. The van der Waals surface area contributed by atoms with Gasteiger partial charge in [0.2, 0.25) is 0 Å². The van der Waals surface area contributed by atoms with E-state index in [-0.39, 0.29) is 5.54 Å². The molecule has 0 radical (unpaired) electrons. The van der Waals surface area contributed by atoms with Crippen LogP contribution in [0.2, 0.25) is 0 Å². The van der Waals surface area contributed by atoms with Crippen molar-refractivity contribution in [1.82, 2.24) is 0 Å². The minimum atomic E-state index is 0.115. The number of anilines is 1. The molecule has 1 aromatic carbocycles. The second-order valence-electron chi connectivity index (χ2n) is 4.76. The third kappa shape index (κ3) is 1.95. The van der Waals surface area contributed by atoms with Crippen LogP contribution in [0.5, 0.6) is 0 Å². The van der Waals surface area contributed by atoms with Gasteiger partial charge in [0, 0.05) is 17.4 Å². The Bertz CT molecular complexity index is 372. The van der Waals surface area contributed by atoms with Crippen LogP contribution in [0.15, 0.2) is 23.2 Å². The minimum Gasteiger partial charge on any atom is -0.380 e. The molecule has 0 saturated heterocycles. The van der Waals surface area contributed by atoms with Gasteiger partial charge in [0.15, 0.2) is 0 Å². The lowest BCUT2D eigenvalue weighted by Gasteiger charge is -2.22. The molecule has 0 aromatic heterocycles. The first kappa shape index (κ1) is 9.25. The van der Waals surface area contributed by atoms with Crippen molar-refractivity contribution >= 4 is 11.9 Å². The predicted molar refractivity (Wildman–Crippen MR) is 61.1 cm³/mol. The smallest absolute Gasteiger partial charge is 0.0646 e. The first-order valence-corrected chi connectivity index (χ1v) is 4.95. The summed E-state index contributed by atoms with van der Waals surface area (Å²) in [6, 6.07) is 6.44. The first-order chi connectivity index (χ1) is 6.54. The van der Waals surface area contributed by atoms with E-state index in [2.05, 4.69) is 49.3 Å². The maximum atomic E-state index is 4.24. The SMILES string of the molecule is CC(C)(C)Nc1ccc2c(c1)C=NC2. The monoisotopic (exact) mass is 188 g/mol. The van der Waals surface area contributed by atoms with Crippen LogP contribution in [-0.4, -0.2) is 11.8 Å². The highest BCUT2D eigenvalue weighted by atomic mass is 14.9. The zero-order chi connectivity index (χ0) is 10.2. The fourth-order valence-corrected chi connectivity index (χ4v) is 1.61. The van der Waals surface area contributed by atoms with Crippen molar-refractivity contribution in [3.63, 3.8) is 0 Å². The number of benzene rings is 1. The topological polar surface area (TPSA) is 24.4 Å². The molecule has 0 spiro atoms. The largest absolute Gasteiger partial charge is 0.380 e. The Kier molecular flexibility index (Phi) is 2.06. The number of hydrogen-bond acceptors (Lipinski definition) is 2. The van der Waals surface area contributed by atoms with Crippen LogP contribution in [0, 0.1) is 0 Å². The fraction of sp³-hybridized carbons (Fsp3) is 0.417. The standard InChI is InChI=1S/C12H16N2/c1-12(2,3)14-11-5-4-9-7-13-8-10(9)6-11/h4-6,8,14H,7H2,1-3H3. The molecule has 1 aliphatic rings. The molecule has 74 valence electrons. The lowest BCUT2D eigenvalue weighted by molar-refractivity contribution is 0.634. The minimum absolute atomic E-state index is 0.115. The molecule has 0 fully saturated rings. The van der Waals surface area contributed by atoms with Gasteiger partial charge in [-0.15, -0.1) is 0 Å². The van der Waals surface area contributed by atoms with Gasteiger partial charge in [-0.1, -0.05) is 6.07 Å². The second kappa shape index (κ2) is 3.12. The quantitative estimate of drug-likeness (QED) is 0.720. The summed E-state index contributed by atoms with van der Waals surface area (Å²) in [7, 11) is 0. The van der Waals surface area contributed by atoms with E-state index in [1.54, 1.807) is 0 Å². The van der Waals surface area contributed by atoms with E-state index in [1.807, 2.05) is 6.21 Å². The number of nitrogens with one attached hydrogen (secondary N) is 1. The van der Waals surface area contributed by atoms with Crippen LogP contribution >= 0.6 is 0 Å². The van der Waals surface area contributed by atoms with Crippen LogP contribution in [0.4, 0.5) is 5.69 Å². The molecule has 0 amide bonds. The summed E-state index contributed by atoms with van der Waals surface area (Å²) < 4.78 is 0.